The van der Waals surface area contributed by atoms with Crippen LogP contribution in [0.15, 0.2) is 158 Å². The smallest absolute Gasteiger partial charge is 0.0702 e. The van der Waals surface area contributed by atoms with Crippen molar-refractivity contribution in [1.82, 2.24) is 4.57 Å². The van der Waals surface area contributed by atoms with E-state index in [0.29, 0.717) is 0 Å². The molecule has 1 aromatic heterocycles. The van der Waals surface area contributed by atoms with Crippen molar-refractivity contribution in [2.24, 2.45) is 0 Å². The van der Waals surface area contributed by atoms with Crippen LogP contribution in [-0.2, 0) is 0 Å². The molecule has 3 unspecified atom stereocenters. The van der Waals surface area contributed by atoms with Crippen molar-refractivity contribution in [3.8, 4) is 16.9 Å². The zero-order valence-electron chi connectivity index (χ0n) is 24.2. The zero-order chi connectivity index (χ0) is 29.0. The maximum absolute atomic E-state index is 3.75. The average molecular weight is 566 g/mol. The Morgan fingerprint density at radius 3 is 2.34 bits per heavy atom. The number of para-hydroxylation sites is 4. The maximum atomic E-state index is 3.75. The molecule has 1 aliphatic carbocycles. The minimum absolute atomic E-state index is 0.105. The molecule has 0 fully saturated rings. The van der Waals surface area contributed by atoms with Crippen molar-refractivity contribution in [3.63, 3.8) is 0 Å². The number of anilines is 3. The molecule has 0 saturated heterocycles. The fourth-order valence-electron chi connectivity index (χ4n) is 7.43. The molecule has 3 aliphatic rings. The predicted molar refractivity (Wildman–Crippen MR) is 184 cm³/mol. The summed E-state index contributed by atoms with van der Waals surface area (Å²) in [5.41, 5.74) is 12.4. The Labute approximate surface area is 257 Å². The Balaban J connectivity index is 1.26. The number of hydrogen-bond acceptors (Lipinski definition) is 2. The molecular formula is C41H31N3. The highest BCUT2D eigenvalue weighted by Gasteiger charge is 2.38. The number of nitrogens with one attached hydrogen (secondary N) is 1. The van der Waals surface area contributed by atoms with Gasteiger partial charge in [-0.25, -0.2) is 0 Å². The Bertz CT molecular complexity index is 2130. The van der Waals surface area contributed by atoms with Crippen molar-refractivity contribution in [2.75, 3.05) is 10.2 Å². The minimum atomic E-state index is 0.105. The van der Waals surface area contributed by atoms with Gasteiger partial charge in [0.05, 0.1) is 29.0 Å². The molecule has 0 saturated carbocycles. The van der Waals surface area contributed by atoms with Gasteiger partial charge in [0.2, 0.25) is 0 Å². The average Bonchev–Trinajstić information content (AvgIpc) is 3.38. The molecule has 9 rings (SSSR count). The molecule has 2 aliphatic heterocycles. The molecular weight excluding hydrogens is 534 g/mol. The van der Waals surface area contributed by atoms with Gasteiger partial charge in [0, 0.05) is 33.9 Å². The maximum Gasteiger partial charge on any atom is 0.0702 e. The van der Waals surface area contributed by atoms with Crippen molar-refractivity contribution in [2.45, 2.75) is 18.0 Å². The van der Waals surface area contributed by atoms with Gasteiger partial charge in [-0.3, -0.25) is 0 Å². The van der Waals surface area contributed by atoms with Gasteiger partial charge in [0.15, 0.2) is 0 Å². The number of fused-ring (bicyclic) bond motifs is 8. The SMILES string of the molecule is C1=CC2c3c(n(-c4ccccc4)c4ccccc34)-c3ccccc3N(c3cccc(C4C=Cc5ccccc5N4)c3)C2C=C1. The Kier molecular flexibility index (Phi) is 5.70. The molecule has 5 aromatic carbocycles. The normalized spacial score (nSPS) is 19.5. The van der Waals surface area contributed by atoms with Gasteiger partial charge in [0.1, 0.15) is 0 Å². The minimum Gasteiger partial charge on any atom is -0.374 e. The summed E-state index contributed by atoms with van der Waals surface area (Å²) in [4.78, 5) is 2.56. The summed E-state index contributed by atoms with van der Waals surface area (Å²) in [6.07, 6.45) is 13.7. The van der Waals surface area contributed by atoms with E-state index in [9.17, 15) is 0 Å². The van der Waals surface area contributed by atoms with Crippen LogP contribution in [0.25, 0.3) is 33.9 Å². The molecule has 0 spiro atoms. The van der Waals surface area contributed by atoms with Crippen molar-refractivity contribution < 1.29 is 0 Å². The summed E-state index contributed by atoms with van der Waals surface area (Å²) in [6.45, 7) is 0. The van der Waals surface area contributed by atoms with E-state index in [2.05, 4.69) is 179 Å². The van der Waals surface area contributed by atoms with E-state index >= 15 is 0 Å². The molecule has 3 heterocycles. The van der Waals surface area contributed by atoms with Gasteiger partial charge < -0.3 is 14.8 Å². The first kappa shape index (κ1) is 25.0. The lowest BCUT2D eigenvalue weighted by Crippen LogP contribution is -2.34. The van der Waals surface area contributed by atoms with Crippen LogP contribution in [0.1, 0.15) is 28.7 Å². The predicted octanol–water partition coefficient (Wildman–Crippen LogP) is 10.2. The van der Waals surface area contributed by atoms with Gasteiger partial charge in [-0.1, -0.05) is 121 Å². The Hall–Kier alpha value is -5.54. The summed E-state index contributed by atoms with van der Waals surface area (Å²) < 4.78 is 2.47. The van der Waals surface area contributed by atoms with E-state index in [0.717, 1.165) is 0 Å². The second-order valence-electron chi connectivity index (χ2n) is 11.8. The van der Waals surface area contributed by atoms with Crippen LogP contribution in [0.5, 0.6) is 0 Å². The van der Waals surface area contributed by atoms with E-state index in [-0.39, 0.29) is 18.0 Å². The van der Waals surface area contributed by atoms with E-state index in [4.69, 9.17) is 0 Å². The number of rotatable bonds is 3. The lowest BCUT2D eigenvalue weighted by atomic mass is 9.85. The molecule has 6 aromatic rings. The van der Waals surface area contributed by atoms with Gasteiger partial charge in [0.25, 0.3) is 0 Å². The van der Waals surface area contributed by atoms with Crippen LogP contribution in [0, 0.1) is 0 Å². The number of benzene rings is 5. The Morgan fingerprint density at radius 1 is 0.614 bits per heavy atom. The number of hydrogen-bond donors (Lipinski definition) is 1. The van der Waals surface area contributed by atoms with Crippen LogP contribution in [0.3, 0.4) is 0 Å². The summed E-state index contributed by atoms with van der Waals surface area (Å²) >= 11 is 0. The number of allylic oxidation sites excluding steroid dienone is 2. The molecule has 3 atom stereocenters. The summed E-state index contributed by atoms with van der Waals surface area (Å²) in [6, 6.07) is 46.5. The standard InChI is InChI=1S/C41H31N3/c1-2-15-30(16-3-1)44-38-23-10-6-19-33(38)40-32-18-5-9-22-37(32)43(39-24-11-7-20-34(39)41(40)44)31-17-12-14-29(27-31)36-26-25-28-13-4-8-21-35(28)42-36/h1-27,32,36-37,42H. The quantitative estimate of drug-likeness (QED) is 0.230. The summed E-state index contributed by atoms with van der Waals surface area (Å²) in [5.74, 6) is 0.167. The molecule has 0 radical (unpaired) electrons. The summed E-state index contributed by atoms with van der Waals surface area (Å²) in [7, 11) is 0. The van der Waals surface area contributed by atoms with E-state index in [1.165, 1.54) is 61.6 Å². The highest BCUT2D eigenvalue weighted by molar-refractivity contribution is 5.99. The highest BCUT2D eigenvalue weighted by Crippen LogP contribution is 2.52. The second-order valence-corrected chi connectivity index (χ2v) is 11.8. The fraction of sp³-hybridized carbons (Fsp3) is 0.0732. The number of aromatic nitrogens is 1. The molecule has 1 N–H and O–H groups in total. The van der Waals surface area contributed by atoms with Crippen LogP contribution < -0.4 is 10.2 Å². The van der Waals surface area contributed by atoms with Crippen LogP contribution >= 0.6 is 0 Å². The topological polar surface area (TPSA) is 20.2 Å². The van der Waals surface area contributed by atoms with Gasteiger partial charge >= 0.3 is 0 Å². The number of nitrogens with zero attached hydrogens (tertiary/aromatic N) is 2. The first-order chi connectivity index (χ1) is 21.8. The molecule has 0 amide bonds. The molecule has 44 heavy (non-hydrogen) atoms. The van der Waals surface area contributed by atoms with Crippen molar-refractivity contribution >= 4 is 34.0 Å². The van der Waals surface area contributed by atoms with Crippen LogP contribution in [0.2, 0.25) is 0 Å². The lowest BCUT2D eigenvalue weighted by Gasteiger charge is -2.36. The molecule has 0 bridgehead atoms. The third-order valence-electron chi connectivity index (χ3n) is 9.33. The molecule has 210 valence electrons. The Morgan fingerprint density at radius 2 is 1.39 bits per heavy atom. The first-order valence-corrected chi connectivity index (χ1v) is 15.4. The third kappa shape index (κ3) is 3.83. The van der Waals surface area contributed by atoms with Crippen LogP contribution in [-0.4, -0.2) is 10.6 Å². The van der Waals surface area contributed by atoms with E-state index in [1.54, 1.807) is 0 Å². The van der Waals surface area contributed by atoms with Crippen molar-refractivity contribution in [3.05, 3.63) is 174 Å². The monoisotopic (exact) mass is 565 g/mol. The van der Waals surface area contributed by atoms with Crippen molar-refractivity contribution in [1.29, 1.82) is 0 Å². The molecule has 3 nitrogen and oxygen atoms in total. The van der Waals surface area contributed by atoms with Crippen LogP contribution in [0.4, 0.5) is 17.1 Å². The second kappa shape index (κ2) is 10.0. The zero-order valence-corrected chi connectivity index (χ0v) is 24.2. The highest BCUT2D eigenvalue weighted by atomic mass is 15.2. The van der Waals surface area contributed by atoms with Gasteiger partial charge in [-0.05, 0) is 59.2 Å². The molecule has 3 heteroatoms. The van der Waals surface area contributed by atoms with Gasteiger partial charge in [-0.15, -0.1) is 0 Å². The first-order valence-electron chi connectivity index (χ1n) is 15.4. The third-order valence-corrected chi connectivity index (χ3v) is 9.33. The summed E-state index contributed by atoms with van der Waals surface area (Å²) in [5, 5.41) is 5.06. The van der Waals surface area contributed by atoms with Gasteiger partial charge in [-0.2, -0.15) is 0 Å². The fourth-order valence-corrected chi connectivity index (χ4v) is 7.43. The lowest BCUT2D eigenvalue weighted by molar-refractivity contribution is 0.700. The van der Waals surface area contributed by atoms with E-state index < -0.39 is 0 Å². The largest absolute Gasteiger partial charge is 0.374 e. The van der Waals surface area contributed by atoms with E-state index in [1.807, 2.05) is 0 Å².